The lowest BCUT2D eigenvalue weighted by Crippen LogP contribution is -2.47. The van der Waals surface area contributed by atoms with Crippen LogP contribution in [0.15, 0.2) is 42.5 Å². The smallest absolute Gasteiger partial charge is 0.241 e. The molecule has 2 heterocycles. The van der Waals surface area contributed by atoms with Crippen molar-refractivity contribution in [2.24, 2.45) is 5.92 Å². The summed E-state index contributed by atoms with van der Waals surface area (Å²) in [6.45, 7) is 4.18. The molecule has 0 bridgehead atoms. The van der Waals surface area contributed by atoms with Crippen LogP contribution in [0.25, 0.3) is 0 Å². The number of carbonyl (C=O) groups is 2. The molecule has 8 nitrogen and oxygen atoms in total. The van der Waals surface area contributed by atoms with Crippen LogP contribution in [-0.2, 0) is 9.59 Å². The first-order chi connectivity index (χ1) is 15.0. The third-order valence-electron chi connectivity index (χ3n) is 5.80. The van der Waals surface area contributed by atoms with E-state index < -0.39 is 0 Å². The number of carbonyl (C=O) groups excluding carboxylic acids is 2. The van der Waals surface area contributed by atoms with Gasteiger partial charge in [-0.3, -0.25) is 14.5 Å². The van der Waals surface area contributed by atoms with Crippen LogP contribution < -0.4 is 20.1 Å². The number of aromatic hydroxyl groups is 1. The second-order valence-electron chi connectivity index (χ2n) is 7.84. The first kappa shape index (κ1) is 21.0. The van der Waals surface area contributed by atoms with Gasteiger partial charge in [0.2, 0.25) is 11.8 Å². The van der Waals surface area contributed by atoms with E-state index in [9.17, 15) is 14.7 Å². The number of hydrogen-bond donors (Lipinski definition) is 3. The van der Waals surface area contributed by atoms with Crippen molar-refractivity contribution in [3.63, 3.8) is 0 Å². The highest BCUT2D eigenvalue weighted by atomic mass is 16.6. The third-order valence-corrected chi connectivity index (χ3v) is 5.80. The summed E-state index contributed by atoms with van der Waals surface area (Å²) >= 11 is 0. The highest BCUT2D eigenvalue weighted by molar-refractivity contribution is 5.95. The van der Waals surface area contributed by atoms with E-state index in [1.165, 1.54) is 0 Å². The molecule has 0 radical (unpaired) electrons. The number of fused-ring (bicyclic) bond motifs is 1. The number of rotatable bonds is 5. The second-order valence-corrected chi connectivity index (χ2v) is 7.84. The van der Waals surface area contributed by atoms with Crippen LogP contribution in [0.5, 0.6) is 17.2 Å². The summed E-state index contributed by atoms with van der Waals surface area (Å²) in [6.07, 6.45) is 1.31. The molecule has 0 aliphatic carbocycles. The number of phenolic OH excluding ortho intramolecular Hbond substituents is 1. The molecule has 4 rings (SSSR count). The van der Waals surface area contributed by atoms with Crippen molar-refractivity contribution in [3.05, 3.63) is 42.5 Å². The number of anilines is 2. The Morgan fingerprint density at radius 2 is 1.74 bits per heavy atom. The zero-order valence-electron chi connectivity index (χ0n) is 17.5. The van der Waals surface area contributed by atoms with Gasteiger partial charge in [-0.1, -0.05) is 12.1 Å². The Labute approximate surface area is 181 Å². The van der Waals surface area contributed by atoms with E-state index in [-0.39, 0.29) is 29.5 Å². The van der Waals surface area contributed by atoms with Crippen LogP contribution in [0.2, 0.25) is 0 Å². The summed E-state index contributed by atoms with van der Waals surface area (Å²) in [5.74, 6) is 1.01. The number of ether oxygens (including phenoxy) is 2. The number of piperidine rings is 1. The summed E-state index contributed by atoms with van der Waals surface area (Å²) in [4.78, 5) is 27.4. The van der Waals surface area contributed by atoms with Gasteiger partial charge >= 0.3 is 0 Å². The minimum absolute atomic E-state index is 0.0534. The Balaban J connectivity index is 1.28. The highest BCUT2D eigenvalue weighted by Crippen LogP contribution is 2.33. The molecule has 0 aromatic heterocycles. The standard InChI is InChI=1S/C23H27N3O5/c1-15(22(28)24-17-6-7-20-21(14-17)31-13-12-30-20)26-10-8-16(9-11-26)23(29)25-18-4-2-3-5-19(18)27/h2-7,14-16,27H,8-13H2,1H3,(H,24,28)(H,25,29)/t15-/m1/s1. The summed E-state index contributed by atoms with van der Waals surface area (Å²) in [5.41, 5.74) is 1.08. The van der Waals surface area contributed by atoms with Crippen LogP contribution in [0.4, 0.5) is 11.4 Å². The predicted octanol–water partition coefficient (Wildman–Crippen LogP) is 2.84. The normalized spacial score (nSPS) is 17.6. The lowest BCUT2D eigenvalue weighted by molar-refractivity contribution is -0.123. The van der Waals surface area contributed by atoms with Gasteiger partial charge in [0.05, 0.1) is 11.7 Å². The summed E-state index contributed by atoms with van der Waals surface area (Å²) in [7, 11) is 0. The highest BCUT2D eigenvalue weighted by Gasteiger charge is 2.30. The van der Waals surface area contributed by atoms with Gasteiger partial charge in [0.15, 0.2) is 11.5 Å². The molecule has 0 unspecified atom stereocenters. The number of amides is 2. The van der Waals surface area contributed by atoms with E-state index in [1.807, 2.05) is 6.92 Å². The van der Waals surface area contributed by atoms with Crippen LogP contribution in [0, 0.1) is 5.92 Å². The van der Waals surface area contributed by atoms with Crippen molar-refractivity contribution in [2.45, 2.75) is 25.8 Å². The molecular weight excluding hydrogens is 398 g/mol. The van der Waals surface area contributed by atoms with Gasteiger partial charge in [-0.25, -0.2) is 0 Å². The van der Waals surface area contributed by atoms with Crippen molar-refractivity contribution >= 4 is 23.2 Å². The van der Waals surface area contributed by atoms with Gasteiger partial charge in [0.1, 0.15) is 19.0 Å². The summed E-state index contributed by atoms with van der Waals surface area (Å²) in [6, 6.07) is 11.7. The average Bonchev–Trinajstić information content (AvgIpc) is 2.80. The van der Waals surface area contributed by atoms with E-state index >= 15 is 0 Å². The quantitative estimate of drug-likeness (QED) is 0.637. The molecular formula is C23H27N3O5. The SMILES string of the molecule is C[C@H](C(=O)Nc1ccc2c(c1)OCCO2)N1CCC(C(=O)Nc2ccccc2O)CC1. The van der Waals surface area contributed by atoms with Crippen LogP contribution in [-0.4, -0.2) is 54.2 Å². The van der Waals surface area contributed by atoms with E-state index in [0.717, 1.165) is 0 Å². The monoisotopic (exact) mass is 425 g/mol. The van der Waals surface area contributed by atoms with Crippen molar-refractivity contribution < 1.29 is 24.2 Å². The maximum absolute atomic E-state index is 12.7. The van der Waals surface area contributed by atoms with Crippen LogP contribution in [0.1, 0.15) is 19.8 Å². The molecule has 164 valence electrons. The lowest BCUT2D eigenvalue weighted by atomic mass is 9.94. The number of benzene rings is 2. The van der Waals surface area contributed by atoms with Gasteiger partial charge < -0.3 is 25.2 Å². The largest absolute Gasteiger partial charge is 0.506 e. The molecule has 1 fully saturated rings. The molecule has 2 aromatic carbocycles. The molecule has 3 N–H and O–H groups in total. The Kier molecular flexibility index (Phi) is 6.27. The summed E-state index contributed by atoms with van der Waals surface area (Å²) < 4.78 is 11.1. The lowest BCUT2D eigenvalue weighted by Gasteiger charge is -2.34. The molecule has 31 heavy (non-hydrogen) atoms. The van der Waals surface area contributed by atoms with Crippen LogP contribution >= 0.6 is 0 Å². The minimum Gasteiger partial charge on any atom is -0.506 e. The number of likely N-dealkylation sites (tertiary alicyclic amines) is 1. The van der Waals surface area contributed by atoms with E-state index in [4.69, 9.17) is 9.47 Å². The zero-order valence-corrected chi connectivity index (χ0v) is 17.5. The molecule has 2 amide bonds. The first-order valence-electron chi connectivity index (χ1n) is 10.5. The zero-order chi connectivity index (χ0) is 21.8. The van der Waals surface area contributed by atoms with Gasteiger partial charge in [0, 0.05) is 17.7 Å². The molecule has 0 spiro atoms. The van der Waals surface area contributed by atoms with Gasteiger partial charge in [-0.15, -0.1) is 0 Å². The van der Waals surface area contributed by atoms with Crippen LogP contribution in [0.3, 0.4) is 0 Å². The predicted molar refractivity (Wildman–Crippen MR) is 117 cm³/mol. The summed E-state index contributed by atoms with van der Waals surface area (Å²) in [5, 5.41) is 15.6. The van der Waals surface area contributed by atoms with Crippen molar-refractivity contribution in [1.29, 1.82) is 0 Å². The fraction of sp³-hybridized carbons (Fsp3) is 0.391. The maximum Gasteiger partial charge on any atom is 0.241 e. The number of nitrogens with one attached hydrogen (secondary N) is 2. The van der Waals surface area contributed by atoms with Gasteiger partial charge in [0.25, 0.3) is 0 Å². The molecule has 2 aromatic rings. The molecule has 1 saturated heterocycles. The Morgan fingerprint density at radius 3 is 2.48 bits per heavy atom. The Morgan fingerprint density at radius 1 is 1.03 bits per heavy atom. The number of phenols is 1. The van der Waals surface area contributed by atoms with E-state index in [2.05, 4.69) is 15.5 Å². The topological polar surface area (TPSA) is 100 Å². The average molecular weight is 425 g/mol. The molecule has 8 heteroatoms. The molecule has 1 atom stereocenters. The fourth-order valence-electron chi connectivity index (χ4n) is 3.90. The second kappa shape index (κ2) is 9.26. The van der Waals surface area contributed by atoms with Crippen molar-refractivity contribution in [1.82, 2.24) is 4.90 Å². The number of hydrogen-bond acceptors (Lipinski definition) is 6. The Hall–Kier alpha value is -3.26. The van der Waals surface area contributed by atoms with E-state index in [0.29, 0.717) is 62.0 Å². The van der Waals surface area contributed by atoms with Crippen molar-refractivity contribution in [2.75, 3.05) is 36.9 Å². The van der Waals surface area contributed by atoms with Gasteiger partial charge in [-0.05, 0) is 57.1 Å². The number of para-hydroxylation sites is 2. The maximum atomic E-state index is 12.7. The van der Waals surface area contributed by atoms with Crippen molar-refractivity contribution in [3.8, 4) is 17.2 Å². The molecule has 2 aliphatic rings. The van der Waals surface area contributed by atoms with E-state index in [1.54, 1.807) is 42.5 Å². The fourth-order valence-corrected chi connectivity index (χ4v) is 3.90. The first-order valence-corrected chi connectivity index (χ1v) is 10.5. The van der Waals surface area contributed by atoms with Gasteiger partial charge in [-0.2, -0.15) is 0 Å². The molecule has 2 aliphatic heterocycles. The number of nitrogens with zero attached hydrogens (tertiary/aromatic N) is 1. The minimum atomic E-state index is -0.324. The Bertz CT molecular complexity index is 956. The third kappa shape index (κ3) is 4.91. The molecule has 0 saturated carbocycles.